The molecule has 1 aliphatic rings. The van der Waals surface area contributed by atoms with Gasteiger partial charge in [-0.25, -0.2) is 13.2 Å². The Morgan fingerprint density at radius 1 is 1.21 bits per heavy atom. The summed E-state index contributed by atoms with van der Waals surface area (Å²) in [6, 6.07) is 6.38. The monoisotopic (exact) mass is 499 g/mol. The molecule has 2 aromatic carbocycles. The Labute approximate surface area is 193 Å². The van der Waals surface area contributed by atoms with Crippen LogP contribution in [-0.4, -0.2) is 48.7 Å². The van der Waals surface area contributed by atoms with Crippen LogP contribution < -0.4 is 5.32 Å². The molecule has 1 aliphatic heterocycles. The molecule has 1 atom stereocenters. The van der Waals surface area contributed by atoms with Crippen LogP contribution >= 0.6 is 11.6 Å². The van der Waals surface area contributed by atoms with Gasteiger partial charge in [-0.15, -0.1) is 0 Å². The van der Waals surface area contributed by atoms with Crippen molar-refractivity contribution in [2.75, 3.05) is 18.4 Å². The maximum atomic E-state index is 13.4. The third-order valence-corrected chi connectivity index (χ3v) is 7.15. The molecule has 1 fully saturated rings. The number of nitro groups is 1. The minimum atomic E-state index is -3.81. The van der Waals surface area contributed by atoms with E-state index in [1.165, 1.54) is 23.4 Å². The highest BCUT2D eigenvalue weighted by molar-refractivity contribution is 7.89. The highest BCUT2D eigenvalue weighted by Gasteiger charge is 2.29. The van der Waals surface area contributed by atoms with Crippen LogP contribution in [0.4, 0.5) is 15.8 Å². The summed E-state index contributed by atoms with van der Waals surface area (Å²) in [5, 5.41) is 13.1. The zero-order chi connectivity index (χ0) is 24.3. The van der Waals surface area contributed by atoms with Crippen LogP contribution in [-0.2, 0) is 19.6 Å². The summed E-state index contributed by atoms with van der Waals surface area (Å²) in [6.45, 7) is 2.00. The second kappa shape index (κ2) is 9.81. The van der Waals surface area contributed by atoms with Crippen LogP contribution in [0.3, 0.4) is 0 Å². The Kier molecular flexibility index (Phi) is 7.30. The first-order valence-electron chi connectivity index (χ1n) is 9.76. The number of carbonyl (C=O) groups is 2. The molecule has 0 radical (unpaired) electrons. The fraction of sp³-hybridized carbons (Fsp3) is 0.300. The molecule has 0 bridgehead atoms. The number of ether oxygens (including phenoxy) is 1. The Morgan fingerprint density at radius 2 is 1.88 bits per heavy atom. The standard InChI is InChI=1S/C20H19ClFN3O7S/c1-12(19(26)23-13-4-7-17(22)18(10-13)25(28)29)32-20(27)15-11-14(5-6-16(15)21)33(30,31)24-8-2-3-9-24/h4-7,10-12H,2-3,8-9H2,1H3,(H,23,26). The first-order chi connectivity index (χ1) is 15.5. The number of hydrogen-bond donors (Lipinski definition) is 1. The van der Waals surface area contributed by atoms with Gasteiger partial charge in [-0.05, 0) is 50.1 Å². The molecular formula is C20H19ClFN3O7S. The van der Waals surface area contributed by atoms with E-state index in [4.69, 9.17) is 16.3 Å². The molecule has 3 rings (SSSR count). The van der Waals surface area contributed by atoms with Crippen molar-refractivity contribution >= 4 is 44.9 Å². The Morgan fingerprint density at radius 3 is 2.52 bits per heavy atom. The maximum absolute atomic E-state index is 13.4. The van der Waals surface area contributed by atoms with Crippen LogP contribution in [0.25, 0.3) is 0 Å². The number of nitro benzene ring substituents is 1. The number of nitrogens with zero attached hydrogens (tertiary/aromatic N) is 2. The van der Waals surface area contributed by atoms with Crippen molar-refractivity contribution in [3.05, 3.63) is 62.9 Å². The van der Waals surface area contributed by atoms with E-state index in [0.29, 0.717) is 13.1 Å². The summed E-state index contributed by atoms with van der Waals surface area (Å²) in [4.78, 5) is 34.7. The summed E-state index contributed by atoms with van der Waals surface area (Å²) in [6.07, 6.45) is 0.105. The molecule has 1 unspecified atom stereocenters. The average molecular weight is 500 g/mol. The predicted octanol–water partition coefficient (Wildman–Crippen LogP) is 3.36. The van der Waals surface area contributed by atoms with Gasteiger partial charge in [-0.3, -0.25) is 14.9 Å². The molecule has 10 nitrogen and oxygen atoms in total. The fourth-order valence-electron chi connectivity index (χ4n) is 3.15. The van der Waals surface area contributed by atoms with E-state index in [1.807, 2.05) is 0 Å². The molecule has 2 aromatic rings. The summed E-state index contributed by atoms with van der Waals surface area (Å²) in [5.74, 6) is -2.96. The number of nitrogens with one attached hydrogen (secondary N) is 1. The number of carbonyl (C=O) groups excluding carboxylic acids is 2. The number of sulfonamides is 1. The topological polar surface area (TPSA) is 136 Å². The molecule has 13 heteroatoms. The van der Waals surface area contributed by atoms with Crippen molar-refractivity contribution in [3.63, 3.8) is 0 Å². The molecule has 33 heavy (non-hydrogen) atoms. The van der Waals surface area contributed by atoms with Gasteiger partial charge in [0.15, 0.2) is 6.10 Å². The molecule has 1 amide bonds. The number of rotatable bonds is 7. The summed E-state index contributed by atoms with van der Waals surface area (Å²) in [7, 11) is -3.81. The van der Waals surface area contributed by atoms with Gasteiger partial charge in [-0.1, -0.05) is 11.6 Å². The molecule has 0 aliphatic carbocycles. The van der Waals surface area contributed by atoms with Gasteiger partial charge in [0, 0.05) is 24.8 Å². The predicted molar refractivity (Wildman–Crippen MR) is 116 cm³/mol. The third kappa shape index (κ3) is 5.46. The van der Waals surface area contributed by atoms with E-state index in [-0.39, 0.29) is 21.2 Å². The van der Waals surface area contributed by atoms with Gasteiger partial charge < -0.3 is 10.1 Å². The van der Waals surface area contributed by atoms with Crippen molar-refractivity contribution in [2.24, 2.45) is 0 Å². The van der Waals surface area contributed by atoms with Crippen LogP contribution in [0.2, 0.25) is 5.02 Å². The van der Waals surface area contributed by atoms with Crippen LogP contribution in [0.15, 0.2) is 41.3 Å². The number of anilines is 1. The largest absolute Gasteiger partial charge is 0.449 e. The lowest BCUT2D eigenvalue weighted by Crippen LogP contribution is -2.30. The highest BCUT2D eigenvalue weighted by atomic mass is 35.5. The van der Waals surface area contributed by atoms with Crippen LogP contribution in [0.5, 0.6) is 0 Å². The van der Waals surface area contributed by atoms with Crippen LogP contribution in [0.1, 0.15) is 30.1 Å². The van der Waals surface area contributed by atoms with Gasteiger partial charge in [0.2, 0.25) is 15.8 Å². The first-order valence-corrected chi connectivity index (χ1v) is 11.6. The summed E-state index contributed by atoms with van der Waals surface area (Å²) < 4.78 is 45.3. The summed E-state index contributed by atoms with van der Waals surface area (Å²) >= 11 is 6.05. The normalized spacial score (nSPS) is 15.1. The number of benzene rings is 2. The molecule has 1 saturated heterocycles. The maximum Gasteiger partial charge on any atom is 0.340 e. The molecule has 0 spiro atoms. The highest BCUT2D eigenvalue weighted by Crippen LogP contribution is 2.26. The van der Waals surface area contributed by atoms with Crippen molar-refractivity contribution in [1.82, 2.24) is 4.31 Å². The Bertz CT molecular complexity index is 1220. The van der Waals surface area contributed by atoms with E-state index in [0.717, 1.165) is 37.1 Å². The fourth-order valence-corrected chi connectivity index (χ4v) is 4.89. The zero-order valence-electron chi connectivity index (χ0n) is 17.3. The first kappa shape index (κ1) is 24.6. The van der Waals surface area contributed by atoms with Crippen molar-refractivity contribution in [1.29, 1.82) is 0 Å². The van der Waals surface area contributed by atoms with Crippen LogP contribution in [0, 0.1) is 15.9 Å². The zero-order valence-corrected chi connectivity index (χ0v) is 18.9. The quantitative estimate of drug-likeness (QED) is 0.350. The van der Waals surface area contributed by atoms with Gasteiger partial charge >= 0.3 is 11.7 Å². The third-order valence-electron chi connectivity index (χ3n) is 4.92. The van der Waals surface area contributed by atoms with E-state index in [1.54, 1.807) is 0 Å². The molecule has 1 heterocycles. The SMILES string of the molecule is CC(OC(=O)c1cc(S(=O)(=O)N2CCCC2)ccc1Cl)C(=O)Nc1ccc(F)c([N+](=O)[O-])c1. The minimum Gasteiger partial charge on any atom is -0.449 e. The lowest BCUT2D eigenvalue weighted by atomic mass is 10.2. The summed E-state index contributed by atoms with van der Waals surface area (Å²) in [5.41, 5.74) is -1.15. The number of halogens is 2. The lowest BCUT2D eigenvalue weighted by Gasteiger charge is -2.17. The minimum absolute atomic E-state index is 0.0675. The molecule has 0 saturated carbocycles. The Hall–Kier alpha value is -3.09. The van der Waals surface area contributed by atoms with Crippen molar-refractivity contribution in [2.45, 2.75) is 30.8 Å². The van der Waals surface area contributed by atoms with Crippen molar-refractivity contribution in [3.8, 4) is 0 Å². The van der Waals surface area contributed by atoms with E-state index >= 15 is 0 Å². The molecule has 0 aromatic heterocycles. The second-order valence-electron chi connectivity index (χ2n) is 7.21. The van der Waals surface area contributed by atoms with Gasteiger partial charge in [-0.2, -0.15) is 8.70 Å². The number of amides is 1. The number of hydrogen-bond acceptors (Lipinski definition) is 7. The van der Waals surface area contributed by atoms with Gasteiger partial charge in [0.05, 0.1) is 20.4 Å². The molecule has 176 valence electrons. The van der Waals surface area contributed by atoms with E-state index in [9.17, 15) is 32.5 Å². The Balaban J connectivity index is 1.73. The lowest BCUT2D eigenvalue weighted by molar-refractivity contribution is -0.387. The molecule has 1 N–H and O–H groups in total. The number of esters is 1. The van der Waals surface area contributed by atoms with Gasteiger partial charge in [0.25, 0.3) is 5.91 Å². The second-order valence-corrected chi connectivity index (χ2v) is 9.56. The van der Waals surface area contributed by atoms with Crippen molar-refractivity contribution < 1.29 is 32.1 Å². The van der Waals surface area contributed by atoms with Gasteiger partial charge in [0.1, 0.15) is 0 Å². The van der Waals surface area contributed by atoms with E-state index < -0.39 is 44.4 Å². The average Bonchev–Trinajstić information content (AvgIpc) is 3.30. The van der Waals surface area contributed by atoms with E-state index in [2.05, 4.69) is 5.32 Å². The smallest absolute Gasteiger partial charge is 0.340 e. The molecular weight excluding hydrogens is 481 g/mol.